The normalized spacial score (nSPS) is 20.7. The van der Waals surface area contributed by atoms with E-state index in [2.05, 4.69) is 80.9 Å². The monoisotopic (exact) mass is 526 g/mol. The van der Waals surface area contributed by atoms with E-state index in [4.69, 9.17) is 9.72 Å². The first-order valence-electron chi connectivity index (χ1n) is 14.5. The molecule has 1 unspecified atom stereocenters. The van der Waals surface area contributed by atoms with Crippen LogP contribution in [0.5, 0.6) is 5.75 Å². The van der Waals surface area contributed by atoms with Gasteiger partial charge in [0.05, 0.1) is 18.5 Å². The second-order valence-corrected chi connectivity index (χ2v) is 11.5. The molecule has 39 heavy (non-hydrogen) atoms. The second-order valence-electron chi connectivity index (χ2n) is 11.5. The Labute approximate surface area is 233 Å². The number of rotatable bonds is 9. The summed E-state index contributed by atoms with van der Waals surface area (Å²) in [7, 11) is 3.90. The van der Waals surface area contributed by atoms with Gasteiger partial charge in [-0.05, 0) is 80.4 Å². The van der Waals surface area contributed by atoms with Crippen LogP contribution >= 0.6 is 0 Å². The number of pyridine rings is 1. The molecule has 206 valence electrons. The lowest BCUT2D eigenvalue weighted by Gasteiger charge is -2.34. The lowest BCUT2D eigenvalue weighted by molar-refractivity contribution is 0.219. The molecule has 1 aromatic heterocycles. The van der Waals surface area contributed by atoms with Crippen molar-refractivity contribution >= 4 is 11.4 Å². The molecule has 2 aromatic carbocycles. The fourth-order valence-electron chi connectivity index (χ4n) is 5.95. The largest absolute Gasteiger partial charge is 0.497 e. The number of anilines is 2. The Bertz CT molecular complexity index is 1220. The Kier molecular flexibility index (Phi) is 8.00. The highest BCUT2D eigenvalue weighted by molar-refractivity contribution is 5.73. The molecule has 1 atom stereocenters. The van der Waals surface area contributed by atoms with Crippen LogP contribution in [-0.2, 0) is 0 Å². The highest BCUT2D eigenvalue weighted by Gasteiger charge is 2.27. The summed E-state index contributed by atoms with van der Waals surface area (Å²) in [6.45, 7) is 11.4. The summed E-state index contributed by atoms with van der Waals surface area (Å²) >= 11 is 0. The van der Waals surface area contributed by atoms with E-state index in [1.807, 2.05) is 12.1 Å². The molecule has 7 heteroatoms. The molecule has 3 fully saturated rings. The van der Waals surface area contributed by atoms with Gasteiger partial charge in [0.15, 0.2) is 0 Å². The van der Waals surface area contributed by atoms with Crippen LogP contribution in [0.2, 0.25) is 0 Å². The molecule has 3 aliphatic rings. The molecule has 0 amide bonds. The molecule has 4 heterocycles. The summed E-state index contributed by atoms with van der Waals surface area (Å²) in [5.74, 6) is 2.38. The van der Waals surface area contributed by atoms with Gasteiger partial charge in [-0.25, -0.2) is 4.98 Å². The number of hydrogen-bond acceptors (Lipinski definition) is 7. The third-order valence-electron chi connectivity index (χ3n) is 8.59. The zero-order valence-electron chi connectivity index (χ0n) is 23.4. The van der Waals surface area contributed by atoms with Crippen LogP contribution in [0.3, 0.4) is 0 Å². The number of piperazine rings is 1. The number of hydrogen-bond donors (Lipinski definition) is 2. The van der Waals surface area contributed by atoms with Crippen LogP contribution in [-0.4, -0.2) is 94.4 Å². The fraction of sp³-hybridized carbons (Fsp3) is 0.469. The second kappa shape index (κ2) is 11.9. The Morgan fingerprint density at radius 1 is 0.872 bits per heavy atom. The standard InChI is InChI=1S/C32H42N6O/c1-36-13-15-38(16-14-36)29-7-3-26(4-8-29)31-17-28(18-32(35-31)27-5-9-30(39-2)10-6-27)34-21-24-11-12-37(22-24)23-25-19-33-20-25/h3-10,17-18,24-25,33H,11-16,19-23H2,1-2H3,(H,34,35). The molecule has 0 saturated carbocycles. The fourth-order valence-corrected chi connectivity index (χ4v) is 5.95. The summed E-state index contributed by atoms with van der Waals surface area (Å²) in [5.41, 5.74) is 6.64. The number of likely N-dealkylation sites (N-methyl/N-ethyl adjacent to an activating group) is 1. The van der Waals surface area contributed by atoms with Crippen molar-refractivity contribution in [3.63, 3.8) is 0 Å². The van der Waals surface area contributed by atoms with Gasteiger partial charge in [-0.3, -0.25) is 0 Å². The first kappa shape index (κ1) is 26.1. The lowest BCUT2D eigenvalue weighted by atomic mass is 10.0. The minimum atomic E-state index is 0.682. The molecular formula is C32H42N6O. The van der Waals surface area contributed by atoms with Gasteiger partial charge in [0.25, 0.3) is 0 Å². The van der Waals surface area contributed by atoms with Crippen LogP contribution < -0.4 is 20.3 Å². The molecule has 2 N–H and O–H groups in total. The van der Waals surface area contributed by atoms with Gasteiger partial charge >= 0.3 is 0 Å². The average Bonchev–Trinajstić information content (AvgIpc) is 3.42. The van der Waals surface area contributed by atoms with Crippen molar-refractivity contribution in [2.45, 2.75) is 6.42 Å². The van der Waals surface area contributed by atoms with E-state index in [0.29, 0.717) is 5.92 Å². The highest BCUT2D eigenvalue weighted by atomic mass is 16.5. The number of ether oxygens (including phenoxy) is 1. The quantitative estimate of drug-likeness (QED) is 0.435. The minimum absolute atomic E-state index is 0.682. The van der Waals surface area contributed by atoms with E-state index in [0.717, 1.165) is 72.6 Å². The molecule has 0 bridgehead atoms. The van der Waals surface area contributed by atoms with Gasteiger partial charge in [0.1, 0.15) is 5.75 Å². The van der Waals surface area contributed by atoms with Crippen molar-refractivity contribution in [2.24, 2.45) is 11.8 Å². The highest BCUT2D eigenvalue weighted by Crippen LogP contribution is 2.30. The average molecular weight is 527 g/mol. The maximum Gasteiger partial charge on any atom is 0.118 e. The van der Waals surface area contributed by atoms with Crippen LogP contribution in [0.1, 0.15) is 6.42 Å². The Morgan fingerprint density at radius 2 is 1.54 bits per heavy atom. The first-order chi connectivity index (χ1) is 19.1. The maximum atomic E-state index is 5.38. The van der Waals surface area contributed by atoms with Crippen LogP contribution in [0.25, 0.3) is 22.5 Å². The Balaban J connectivity index is 1.19. The Hall–Kier alpha value is -3.13. The molecular weight excluding hydrogens is 484 g/mol. The number of methoxy groups -OCH3 is 1. The van der Waals surface area contributed by atoms with Gasteiger partial charge in [0.2, 0.25) is 0 Å². The summed E-state index contributed by atoms with van der Waals surface area (Å²) in [5, 5.41) is 7.18. The minimum Gasteiger partial charge on any atom is -0.497 e. The van der Waals surface area contributed by atoms with Crippen molar-refractivity contribution in [2.75, 3.05) is 89.8 Å². The van der Waals surface area contributed by atoms with Gasteiger partial charge < -0.3 is 30.1 Å². The van der Waals surface area contributed by atoms with E-state index < -0.39 is 0 Å². The molecule has 7 nitrogen and oxygen atoms in total. The number of aromatic nitrogens is 1. The third-order valence-corrected chi connectivity index (χ3v) is 8.59. The number of likely N-dealkylation sites (tertiary alicyclic amines) is 1. The van der Waals surface area contributed by atoms with Crippen molar-refractivity contribution in [3.8, 4) is 28.3 Å². The lowest BCUT2D eigenvalue weighted by Crippen LogP contribution is -2.47. The summed E-state index contributed by atoms with van der Waals surface area (Å²) in [6.07, 6.45) is 1.27. The van der Waals surface area contributed by atoms with Crippen molar-refractivity contribution in [1.82, 2.24) is 20.1 Å². The predicted octanol–water partition coefficient (Wildman–Crippen LogP) is 4.13. The molecule has 0 spiro atoms. The summed E-state index contributed by atoms with van der Waals surface area (Å²) in [6, 6.07) is 21.6. The van der Waals surface area contributed by atoms with Crippen LogP contribution in [0.4, 0.5) is 11.4 Å². The van der Waals surface area contributed by atoms with E-state index in [-0.39, 0.29) is 0 Å². The van der Waals surface area contributed by atoms with E-state index in [9.17, 15) is 0 Å². The van der Waals surface area contributed by atoms with Crippen LogP contribution in [0.15, 0.2) is 60.7 Å². The zero-order valence-corrected chi connectivity index (χ0v) is 23.4. The summed E-state index contributed by atoms with van der Waals surface area (Å²) < 4.78 is 5.38. The molecule has 0 radical (unpaired) electrons. The third kappa shape index (κ3) is 6.38. The molecule has 3 aliphatic heterocycles. The van der Waals surface area contributed by atoms with Crippen molar-refractivity contribution in [3.05, 3.63) is 60.7 Å². The van der Waals surface area contributed by atoms with Gasteiger partial charge in [-0.1, -0.05) is 12.1 Å². The van der Waals surface area contributed by atoms with E-state index in [1.165, 1.54) is 44.8 Å². The number of nitrogens with one attached hydrogen (secondary N) is 2. The van der Waals surface area contributed by atoms with Gasteiger partial charge in [-0.15, -0.1) is 0 Å². The van der Waals surface area contributed by atoms with E-state index in [1.54, 1.807) is 7.11 Å². The topological polar surface area (TPSA) is 55.9 Å². The summed E-state index contributed by atoms with van der Waals surface area (Å²) in [4.78, 5) is 12.6. The predicted molar refractivity (Wildman–Crippen MR) is 161 cm³/mol. The van der Waals surface area contributed by atoms with E-state index >= 15 is 0 Å². The number of benzene rings is 2. The molecule has 3 saturated heterocycles. The smallest absolute Gasteiger partial charge is 0.118 e. The van der Waals surface area contributed by atoms with Crippen LogP contribution in [0, 0.1) is 11.8 Å². The zero-order chi connectivity index (χ0) is 26.6. The molecule has 0 aliphatic carbocycles. The van der Waals surface area contributed by atoms with Crippen molar-refractivity contribution < 1.29 is 4.74 Å². The maximum absolute atomic E-state index is 5.38. The molecule has 3 aromatic rings. The number of nitrogens with zero attached hydrogens (tertiary/aromatic N) is 4. The SMILES string of the molecule is COc1ccc(-c2cc(NCC3CCN(CC4CNC4)C3)cc(-c3ccc(N4CCN(C)CC4)cc3)n2)cc1. The molecule has 6 rings (SSSR count). The van der Waals surface area contributed by atoms with Gasteiger partial charge in [-0.2, -0.15) is 0 Å². The first-order valence-corrected chi connectivity index (χ1v) is 14.5. The van der Waals surface area contributed by atoms with Crippen molar-refractivity contribution in [1.29, 1.82) is 0 Å². The Morgan fingerprint density at radius 3 is 2.15 bits per heavy atom. The van der Waals surface area contributed by atoms with Gasteiger partial charge in [0, 0.05) is 81.4 Å².